The van der Waals surface area contributed by atoms with Gasteiger partial charge in [0.05, 0.1) is 9.50 Å². The van der Waals surface area contributed by atoms with Gasteiger partial charge in [0.15, 0.2) is 12.5 Å². The van der Waals surface area contributed by atoms with E-state index in [-0.39, 0.29) is 6.79 Å². The van der Waals surface area contributed by atoms with Crippen molar-refractivity contribution in [3.8, 4) is 5.75 Å². The Labute approximate surface area is 84.6 Å². The van der Waals surface area contributed by atoms with Crippen molar-refractivity contribution in [1.82, 2.24) is 0 Å². The van der Waals surface area contributed by atoms with Crippen molar-refractivity contribution < 1.29 is 9.47 Å². The lowest BCUT2D eigenvalue weighted by molar-refractivity contribution is 0.0506. The normalized spacial score (nSPS) is 9.92. The maximum atomic E-state index is 5.85. The van der Waals surface area contributed by atoms with Crippen LogP contribution < -0.4 is 4.74 Å². The van der Waals surface area contributed by atoms with E-state index in [0.29, 0.717) is 10.8 Å². The average molecular weight is 252 g/mol. The zero-order chi connectivity index (χ0) is 8.97. The molecule has 0 fully saturated rings. The largest absolute Gasteiger partial charge is 0.465 e. The molecular formula is C8H8BrClO2. The number of benzene rings is 1. The Hall–Kier alpha value is -0.250. The molecule has 4 heteroatoms. The Kier molecular flexibility index (Phi) is 3.85. The smallest absolute Gasteiger partial charge is 0.188 e. The van der Waals surface area contributed by atoms with Crippen molar-refractivity contribution in [3.05, 3.63) is 27.7 Å². The summed E-state index contributed by atoms with van der Waals surface area (Å²) in [5.74, 6) is 0.612. The molecule has 1 rings (SSSR count). The van der Waals surface area contributed by atoms with Crippen LogP contribution in [0.3, 0.4) is 0 Å². The summed E-state index contributed by atoms with van der Waals surface area (Å²) < 4.78 is 10.8. The summed E-state index contributed by atoms with van der Waals surface area (Å²) in [6, 6.07) is 5.46. The molecule has 0 N–H and O–H groups in total. The Morgan fingerprint density at radius 1 is 1.50 bits per heavy atom. The van der Waals surface area contributed by atoms with Crippen LogP contribution in [0.2, 0.25) is 5.02 Å². The zero-order valence-corrected chi connectivity index (χ0v) is 8.85. The topological polar surface area (TPSA) is 18.5 Å². The first-order chi connectivity index (χ1) is 5.75. The van der Waals surface area contributed by atoms with Gasteiger partial charge in [-0.3, -0.25) is 0 Å². The predicted molar refractivity (Wildman–Crippen MR) is 51.7 cm³/mol. The van der Waals surface area contributed by atoms with E-state index in [4.69, 9.17) is 21.1 Å². The number of para-hydroxylation sites is 1. The first kappa shape index (κ1) is 9.84. The van der Waals surface area contributed by atoms with E-state index >= 15 is 0 Å². The lowest BCUT2D eigenvalue weighted by Crippen LogP contribution is -1.99. The number of ether oxygens (including phenoxy) is 2. The molecule has 0 bridgehead atoms. The molecule has 0 amide bonds. The molecule has 0 spiro atoms. The number of methoxy groups -OCH3 is 1. The highest BCUT2D eigenvalue weighted by Gasteiger charge is 2.04. The fraction of sp³-hybridized carbons (Fsp3) is 0.250. The van der Waals surface area contributed by atoms with E-state index in [1.54, 1.807) is 13.2 Å². The molecule has 1 aromatic carbocycles. The maximum Gasteiger partial charge on any atom is 0.188 e. The third kappa shape index (κ3) is 2.37. The third-order valence-corrected chi connectivity index (χ3v) is 2.16. The summed E-state index contributed by atoms with van der Waals surface area (Å²) in [6.07, 6.45) is 0. The molecule has 1 aromatic rings. The fourth-order valence-electron chi connectivity index (χ4n) is 0.738. The van der Waals surface area contributed by atoms with Crippen molar-refractivity contribution in [2.75, 3.05) is 13.9 Å². The molecule has 12 heavy (non-hydrogen) atoms. The fourth-order valence-corrected chi connectivity index (χ4v) is 1.56. The van der Waals surface area contributed by atoms with E-state index in [1.807, 2.05) is 12.1 Å². The monoisotopic (exact) mass is 250 g/mol. The molecule has 0 aromatic heterocycles. The van der Waals surface area contributed by atoms with Gasteiger partial charge in [-0.1, -0.05) is 17.7 Å². The van der Waals surface area contributed by atoms with Gasteiger partial charge in [0.2, 0.25) is 0 Å². The van der Waals surface area contributed by atoms with E-state index < -0.39 is 0 Å². The molecule has 0 saturated carbocycles. The summed E-state index contributed by atoms with van der Waals surface area (Å²) in [7, 11) is 1.56. The first-order valence-corrected chi connectivity index (χ1v) is 4.48. The molecule has 0 unspecified atom stereocenters. The van der Waals surface area contributed by atoms with Crippen LogP contribution in [0.4, 0.5) is 0 Å². The van der Waals surface area contributed by atoms with Gasteiger partial charge in [-0.2, -0.15) is 0 Å². The number of hydrogen-bond acceptors (Lipinski definition) is 2. The van der Waals surface area contributed by atoms with Crippen molar-refractivity contribution in [2.24, 2.45) is 0 Å². The minimum absolute atomic E-state index is 0.197. The van der Waals surface area contributed by atoms with Crippen LogP contribution in [0.25, 0.3) is 0 Å². The minimum atomic E-state index is 0.197. The minimum Gasteiger partial charge on any atom is -0.465 e. The molecule has 66 valence electrons. The number of rotatable bonds is 3. The van der Waals surface area contributed by atoms with Crippen LogP contribution in [0, 0.1) is 0 Å². The van der Waals surface area contributed by atoms with Crippen molar-refractivity contribution in [1.29, 1.82) is 0 Å². The van der Waals surface area contributed by atoms with Crippen LogP contribution in [-0.4, -0.2) is 13.9 Å². The second-order valence-corrected chi connectivity index (χ2v) is 3.36. The zero-order valence-electron chi connectivity index (χ0n) is 6.51. The highest BCUT2D eigenvalue weighted by molar-refractivity contribution is 9.10. The quantitative estimate of drug-likeness (QED) is 0.769. The summed E-state index contributed by atoms with van der Waals surface area (Å²) in [6.45, 7) is 0.197. The van der Waals surface area contributed by atoms with Crippen LogP contribution in [0.5, 0.6) is 5.75 Å². The summed E-state index contributed by atoms with van der Waals surface area (Å²) >= 11 is 9.17. The SMILES string of the molecule is COCOc1c(Cl)cccc1Br. The van der Waals surface area contributed by atoms with Gasteiger partial charge in [0.25, 0.3) is 0 Å². The van der Waals surface area contributed by atoms with E-state index in [2.05, 4.69) is 15.9 Å². The van der Waals surface area contributed by atoms with Gasteiger partial charge in [-0.15, -0.1) is 0 Å². The molecule has 0 atom stereocenters. The van der Waals surface area contributed by atoms with E-state index in [1.165, 1.54) is 0 Å². The lowest BCUT2D eigenvalue weighted by Gasteiger charge is -2.07. The molecular weight excluding hydrogens is 243 g/mol. The number of hydrogen-bond donors (Lipinski definition) is 0. The molecule has 0 saturated heterocycles. The standard InChI is InChI=1S/C8H8BrClO2/c1-11-5-12-8-6(9)3-2-4-7(8)10/h2-4H,5H2,1H3. The highest BCUT2D eigenvalue weighted by Crippen LogP contribution is 2.32. The lowest BCUT2D eigenvalue weighted by atomic mass is 10.3. The summed E-state index contributed by atoms with van der Waals surface area (Å²) in [4.78, 5) is 0. The molecule has 0 aliphatic carbocycles. The van der Waals surface area contributed by atoms with E-state index in [0.717, 1.165) is 4.47 Å². The Morgan fingerprint density at radius 2 is 2.25 bits per heavy atom. The molecule has 0 aliphatic rings. The predicted octanol–water partition coefficient (Wildman–Crippen LogP) is 3.09. The van der Waals surface area contributed by atoms with Gasteiger partial charge in [0, 0.05) is 7.11 Å². The van der Waals surface area contributed by atoms with Gasteiger partial charge in [-0.25, -0.2) is 0 Å². The third-order valence-electron chi connectivity index (χ3n) is 1.24. The summed E-state index contributed by atoms with van der Waals surface area (Å²) in [5, 5.41) is 0.571. The van der Waals surface area contributed by atoms with Crippen LogP contribution >= 0.6 is 27.5 Å². The van der Waals surface area contributed by atoms with E-state index in [9.17, 15) is 0 Å². The van der Waals surface area contributed by atoms with Crippen LogP contribution in [0.15, 0.2) is 22.7 Å². The molecule has 0 aliphatic heterocycles. The van der Waals surface area contributed by atoms with Gasteiger partial charge in [-0.05, 0) is 28.1 Å². The Morgan fingerprint density at radius 3 is 2.83 bits per heavy atom. The maximum absolute atomic E-state index is 5.85. The molecule has 0 radical (unpaired) electrons. The van der Waals surface area contributed by atoms with Gasteiger partial charge >= 0.3 is 0 Å². The first-order valence-electron chi connectivity index (χ1n) is 3.31. The average Bonchev–Trinajstić information content (AvgIpc) is 2.04. The van der Waals surface area contributed by atoms with Gasteiger partial charge in [0.1, 0.15) is 0 Å². The second kappa shape index (κ2) is 4.70. The van der Waals surface area contributed by atoms with Crippen LogP contribution in [-0.2, 0) is 4.74 Å². The Bertz CT molecular complexity index is 245. The van der Waals surface area contributed by atoms with Gasteiger partial charge < -0.3 is 9.47 Å². The van der Waals surface area contributed by atoms with Crippen molar-refractivity contribution in [3.63, 3.8) is 0 Å². The van der Waals surface area contributed by atoms with Crippen LogP contribution in [0.1, 0.15) is 0 Å². The summed E-state index contributed by atoms with van der Waals surface area (Å²) in [5.41, 5.74) is 0. The van der Waals surface area contributed by atoms with Crippen molar-refractivity contribution >= 4 is 27.5 Å². The highest BCUT2D eigenvalue weighted by atomic mass is 79.9. The molecule has 0 heterocycles. The van der Waals surface area contributed by atoms with Crippen molar-refractivity contribution in [2.45, 2.75) is 0 Å². The number of halogens is 2. The molecule has 2 nitrogen and oxygen atoms in total. The Balaban J connectivity index is 2.81. The second-order valence-electron chi connectivity index (χ2n) is 2.10.